The monoisotopic (exact) mass is 1180 g/mol. The van der Waals surface area contributed by atoms with Crippen LogP contribution in [0.5, 0.6) is 0 Å². The van der Waals surface area contributed by atoms with Crippen LogP contribution in [-0.2, 0) is 45.2 Å². The van der Waals surface area contributed by atoms with Crippen LogP contribution in [0.15, 0.2) is 108 Å². The molecule has 2 unspecified atom stereocenters. The fourth-order valence-electron chi connectivity index (χ4n) is 12.8. The van der Waals surface area contributed by atoms with Crippen LogP contribution in [-0.4, -0.2) is 124 Å². The normalized spacial score (nSPS) is 21.4. The third-order valence-corrected chi connectivity index (χ3v) is 18.1. The summed E-state index contributed by atoms with van der Waals surface area (Å²) in [6.45, 7) is -0.0528. The molecule has 8 amide bonds. The average Bonchev–Trinajstić information content (AvgIpc) is 2.34. The van der Waals surface area contributed by atoms with Crippen LogP contribution >= 0.6 is 7.60 Å². The van der Waals surface area contributed by atoms with Crippen molar-refractivity contribution in [3.63, 3.8) is 0 Å². The number of aryl methyl sites for hydroxylation is 1. The van der Waals surface area contributed by atoms with Gasteiger partial charge in [-0.25, -0.2) is 4.79 Å². The first-order chi connectivity index (χ1) is 40.7. The van der Waals surface area contributed by atoms with E-state index in [0.29, 0.717) is 41.7 Å². The number of carbonyl (C=O) groups is 9. The highest BCUT2D eigenvalue weighted by molar-refractivity contribution is 7.70. The summed E-state index contributed by atoms with van der Waals surface area (Å²) in [4.78, 5) is 160. The van der Waals surface area contributed by atoms with Gasteiger partial charge in [-0.2, -0.15) is 0 Å². The number of imidazole rings is 1. The number of imide groups is 1. The van der Waals surface area contributed by atoms with Gasteiger partial charge in [0.1, 0.15) is 29.9 Å². The number of piperidine rings is 1. The molecule has 6 aromatic rings. The van der Waals surface area contributed by atoms with E-state index in [2.05, 4.69) is 26.3 Å². The molecule has 4 aromatic carbocycles. The quantitative estimate of drug-likeness (QED) is 0.0406. The summed E-state index contributed by atoms with van der Waals surface area (Å²) in [7, 11) is -3.45. The van der Waals surface area contributed by atoms with E-state index >= 15 is 4.79 Å². The molecule has 1 aliphatic carbocycles. The number of fused-ring (bicyclic) bond motifs is 3. The molecule has 24 heteroatoms. The minimum Gasteiger partial charge on any atom is -0.370 e. The van der Waals surface area contributed by atoms with Gasteiger partial charge in [0.2, 0.25) is 41.4 Å². The van der Waals surface area contributed by atoms with Crippen molar-refractivity contribution in [2.75, 3.05) is 13.1 Å². The second kappa shape index (κ2) is 25.4. The van der Waals surface area contributed by atoms with E-state index in [0.717, 1.165) is 48.8 Å². The van der Waals surface area contributed by atoms with E-state index in [1.165, 1.54) is 33.7 Å². The minimum atomic E-state index is -5.13. The van der Waals surface area contributed by atoms with Crippen LogP contribution in [0.25, 0.3) is 21.9 Å². The highest BCUT2D eigenvalue weighted by Crippen LogP contribution is 2.41. The zero-order chi connectivity index (χ0) is 60.3. The van der Waals surface area contributed by atoms with Crippen molar-refractivity contribution in [1.82, 2.24) is 45.2 Å². The molecule has 85 heavy (non-hydrogen) atoms. The van der Waals surface area contributed by atoms with Gasteiger partial charge in [0, 0.05) is 61.9 Å². The summed E-state index contributed by atoms with van der Waals surface area (Å²) >= 11 is 0. The lowest BCUT2D eigenvalue weighted by atomic mass is 9.77. The van der Waals surface area contributed by atoms with Crippen molar-refractivity contribution < 1.29 is 57.5 Å². The number of H-pyrrole nitrogens is 1. The highest BCUT2D eigenvalue weighted by Gasteiger charge is 2.46. The Labute approximate surface area is 488 Å². The van der Waals surface area contributed by atoms with Crippen molar-refractivity contribution in [2.24, 2.45) is 18.7 Å². The minimum absolute atomic E-state index is 0.0619. The molecule has 0 bridgehead atoms. The molecule has 4 aliphatic rings. The summed E-state index contributed by atoms with van der Waals surface area (Å²) in [5.74, 6) is -3.83. The van der Waals surface area contributed by atoms with Gasteiger partial charge in [0.25, 0.3) is 11.4 Å². The molecule has 9 N–H and O–H groups in total. The second-order valence-electron chi connectivity index (χ2n) is 22.8. The zero-order valence-corrected chi connectivity index (χ0v) is 47.8. The van der Waals surface area contributed by atoms with E-state index in [-0.39, 0.29) is 91.7 Å². The van der Waals surface area contributed by atoms with Gasteiger partial charge in [-0.1, -0.05) is 66.7 Å². The molecule has 5 heterocycles. The molecule has 3 aliphatic heterocycles. The Morgan fingerprint density at radius 1 is 0.776 bits per heavy atom. The molecule has 3 saturated heterocycles. The first-order valence-electron chi connectivity index (χ1n) is 28.9. The number of hydrogen-bond acceptors (Lipinski definition) is 11. The molecular weight excluding hydrogens is 1110 g/mol. The number of amides is 8. The number of hydrogen-bond donors (Lipinski definition) is 8. The summed E-state index contributed by atoms with van der Waals surface area (Å²) in [6, 6.07) is 23.9. The molecule has 0 spiro atoms. The molecule has 446 valence electrons. The van der Waals surface area contributed by atoms with Gasteiger partial charge < -0.3 is 46.3 Å². The lowest BCUT2D eigenvalue weighted by molar-refractivity contribution is -0.145. The van der Waals surface area contributed by atoms with Crippen molar-refractivity contribution in [2.45, 2.75) is 132 Å². The Morgan fingerprint density at radius 3 is 2.15 bits per heavy atom. The van der Waals surface area contributed by atoms with E-state index in [1.54, 1.807) is 16.5 Å². The van der Waals surface area contributed by atoms with E-state index in [1.807, 2.05) is 78.9 Å². The van der Waals surface area contributed by atoms with E-state index < -0.39 is 84.8 Å². The average molecular weight is 1180 g/mol. The van der Waals surface area contributed by atoms with E-state index in [4.69, 9.17) is 5.73 Å². The van der Waals surface area contributed by atoms with Crippen LogP contribution in [0, 0.1) is 5.92 Å². The van der Waals surface area contributed by atoms with Gasteiger partial charge in [-0.15, -0.1) is 0 Å². The molecule has 1 saturated carbocycles. The molecule has 5 atom stereocenters. The van der Waals surface area contributed by atoms with Gasteiger partial charge >= 0.3 is 13.3 Å². The predicted octanol–water partition coefficient (Wildman–Crippen LogP) is 4.61. The Morgan fingerprint density at radius 2 is 1.48 bits per heavy atom. The molecule has 2 aromatic heterocycles. The SMILES string of the molecule is Cn1c(=O)n(C2CCC(=O)NC2=O)c2ccc(C3CCC(CCCC(=O)N4CC[C@H]5CC[C@@H](C(=O)NC(CCC(N)=O)C(=O)NC(c6ccccc6)c6ccccc6)N5C(=O)[C@@H](NC(=O)c5cc6cc(C(=O)P(=O)(O)O)ccc6[nH]5)C4)CC3)cc21. The number of aromatic nitrogens is 3. The topological polar surface area (TPSA) is 335 Å². The fourth-order valence-corrected chi connectivity index (χ4v) is 13.3. The molecule has 0 radical (unpaired) electrons. The standard InChI is InChI=1S/C61H69N10O13P/c1-68-50-33-39(20-24-47(50)71(61(68)81)49-26-28-52(73)66-58(49)78)36-17-15-35(16-18-36)9-8-14-53(74)69-30-29-42-21-25-48(57(77)64-44(23-27-51(62)72)55(75)67-54(37-10-4-2-5-11-37)38-12-6-3-7-13-38)70(42)59(79)46(34-69)65-56(76)45-32-41-31-40(19-22-43(41)63-45)60(80)85(82,83)84/h2-7,10-13,19-20,22,24,31-33,35-36,42,44,46,48-49,54,63H,8-9,14-18,21,23,25-30,34H2,1H3,(H2,62,72)(H,64,77)(H,65,76)(H,67,75)(H,66,73,78)(H2,82,83,84)/t35?,36?,42-,44?,46+,48+,49?/m1/s1. The van der Waals surface area contributed by atoms with Crippen molar-refractivity contribution >= 4 is 82.3 Å². The van der Waals surface area contributed by atoms with Crippen LogP contribution in [0.4, 0.5) is 0 Å². The third kappa shape index (κ3) is 13.2. The third-order valence-electron chi connectivity index (χ3n) is 17.3. The number of primary amides is 1. The Kier molecular flexibility index (Phi) is 17.8. The van der Waals surface area contributed by atoms with Gasteiger partial charge in [0.15, 0.2) is 0 Å². The van der Waals surface area contributed by atoms with E-state index in [9.17, 15) is 57.5 Å². The summed E-state index contributed by atoms with van der Waals surface area (Å²) in [6.07, 6.45) is 6.01. The maximum Gasteiger partial charge on any atom is 0.396 e. The second-order valence-corrected chi connectivity index (χ2v) is 24.3. The lowest BCUT2D eigenvalue weighted by Gasteiger charge is -2.39. The van der Waals surface area contributed by atoms with Crippen molar-refractivity contribution in [3.05, 3.63) is 142 Å². The van der Waals surface area contributed by atoms with Crippen LogP contribution in [0.1, 0.15) is 145 Å². The summed E-state index contributed by atoms with van der Waals surface area (Å²) in [5, 5.41) is 11.3. The lowest BCUT2D eigenvalue weighted by Crippen LogP contribution is -2.62. The van der Waals surface area contributed by atoms with Crippen molar-refractivity contribution in [3.8, 4) is 0 Å². The first kappa shape index (κ1) is 59.6. The molecule has 4 fully saturated rings. The fraction of sp³-hybridized carbons (Fsp3) is 0.410. The number of nitrogens with zero attached hydrogens (tertiary/aromatic N) is 4. The molecular formula is C61H69N10O13P. The Hall–Kier alpha value is -8.53. The number of aromatic amines is 1. The first-order valence-corrected chi connectivity index (χ1v) is 30.5. The van der Waals surface area contributed by atoms with Crippen LogP contribution in [0.3, 0.4) is 0 Å². The number of rotatable bonds is 19. The number of nitrogens with one attached hydrogen (secondary N) is 5. The number of carbonyl (C=O) groups excluding carboxylic acids is 9. The van der Waals surface area contributed by atoms with Crippen LogP contribution < -0.4 is 32.7 Å². The maximum absolute atomic E-state index is 15.1. The largest absolute Gasteiger partial charge is 0.396 e. The smallest absolute Gasteiger partial charge is 0.370 e. The summed E-state index contributed by atoms with van der Waals surface area (Å²) in [5.41, 5.74) is 7.81. The predicted molar refractivity (Wildman–Crippen MR) is 311 cm³/mol. The van der Waals surface area contributed by atoms with Gasteiger partial charge in [0.05, 0.1) is 17.1 Å². The number of nitrogens with two attached hydrogens (primary N) is 1. The van der Waals surface area contributed by atoms with Crippen LogP contribution in [0.2, 0.25) is 0 Å². The molecule has 23 nitrogen and oxygen atoms in total. The maximum atomic E-state index is 15.1. The number of benzene rings is 4. The summed E-state index contributed by atoms with van der Waals surface area (Å²) < 4.78 is 14.8. The van der Waals surface area contributed by atoms with Gasteiger partial charge in [-0.3, -0.25) is 62.2 Å². The highest BCUT2D eigenvalue weighted by atomic mass is 31.2. The molecule has 10 rings (SSSR count). The Bertz CT molecular complexity index is 3660. The van der Waals surface area contributed by atoms with Crippen molar-refractivity contribution in [1.29, 1.82) is 0 Å². The Balaban J connectivity index is 0.824. The zero-order valence-electron chi connectivity index (χ0n) is 46.9. The van der Waals surface area contributed by atoms with Gasteiger partial charge in [-0.05, 0) is 136 Å².